The van der Waals surface area contributed by atoms with Crippen LogP contribution in [0.25, 0.3) is 45.1 Å². The summed E-state index contributed by atoms with van der Waals surface area (Å²) in [6.45, 7) is 1.97. The van der Waals surface area contributed by atoms with Gasteiger partial charge in [0, 0.05) is 17.7 Å². The third kappa shape index (κ3) is 3.32. The van der Waals surface area contributed by atoms with E-state index in [9.17, 15) is 9.59 Å². The first-order valence-electron chi connectivity index (χ1n) is 8.71. The standard InChI is InChI=1S/C17H12N8O4.Ca.2H/c1-2-3-7-14-8(10(26)5-12(28-14)16-18-22-23-19-16)4-9-11(27)6-13(29-15(7)9)17-20-24-25-21-17;;;/h4-6H,2-3H2,1H3,(H,18,19,22,23)(H,20,21,24,25);;;. The molecular weight excluding hydrogens is 420 g/mol. The van der Waals surface area contributed by atoms with Crippen LogP contribution in [-0.4, -0.2) is 79.0 Å². The zero-order valence-corrected chi connectivity index (χ0v) is 15.0. The van der Waals surface area contributed by atoms with Crippen molar-refractivity contribution >= 4 is 59.7 Å². The zero-order valence-electron chi connectivity index (χ0n) is 15.0. The number of nitrogens with zero attached hydrogens (tertiary/aromatic N) is 6. The van der Waals surface area contributed by atoms with E-state index < -0.39 is 0 Å². The van der Waals surface area contributed by atoms with Crippen LogP contribution < -0.4 is 10.9 Å². The number of hydrogen-bond acceptors (Lipinski definition) is 10. The topological polar surface area (TPSA) is 169 Å². The van der Waals surface area contributed by atoms with E-state index in [0.29, 0.717) is 23.2 Å². The maximum absolute atomic E-state index is 12.8. The van der Waals surface area contributed by atoms with Crippen LogP contribution in [0.2, 0.25) is 0 Å². The fourth-order valence-electron chi connectivity index (χ4n) is 3.21. The molecule has 0 fully saturated rings. The molecule has 5 rings (SSSR count). The van der Waals surface area contributed by atoms with Crippen molar-refractivity contribution in [2.75, 3.05) is 0 Å². The van der Waals surface area contributed by atoms with Crippen LogP contribution in [-0.2, 0) is 6.42 Å². The Labute approximate surface area is 196 Å². The molecule has 1 aromatic carbocycles. The van der Waals surface area contributed by atoms with E-state index in [4.69, 9.17) is 8.83 Å². The number of rotatable bonds is 4. The molecule has 4 aromatic heterocycles. The van der Waals surface area contributed by atoms with Gasteiger partial charge in [0.2, 0.25) is 11.6 Å². The van der Waals surface area contributed by atoms with Crippen molar-refractivity contribution in [1.82, 2.24) is 41.2 Å². The second-order valence-electron chi connectivity index (χ2n) is 6.31. The monoisotopic (exact) mass is 434 g/mol. The maximum atomic E-state index is 12.8. The van der Waals surface area contributed by atoms with E-state index >= 15 is 0 Å². The fraction of sp³-hybridized carbons (Fsp3) is 0.176. The molecule has 0 radical (unpaired) electrons. The molecule has 0 saturated heterocycles. The minimum absolute atomic E-state index is 0. The summed E-state index contributed by atoms with van der Waals surface area (Å²) in [7, 11) is 0. The molecule has 12 nitrogen and oxygen atoms in total. The zero-order chi connectivity index (χ0) is 20.0. The molecule has 0 spiro atoms. The Hall–Kier alpha value is -2.96. The molecule has 4 heterocycles. The summed E-state index contributed by atoms with van der Waals surface area (Å²) in [5, 5.41) is 27.3. The number of benzene rings is 1. The van der Waals surface area contributed by atoms with Gasteiger partial charge >= 0.3 is 37.7 Å². The van der Waals surface area contributed by atoms with E-state index in [1.165, 1.54) is 18.2 Å². The van der Waals surface area contributed by atoms with Crippen molar-refractivity contribution in [2.24, 2.45) is 0 Å². The molecule has 0 saturated carbocycles. The van der Waals surface area contributed by atoms with Crippen LogP contribution in [0.3, 0.4) is 0 Å². The van der Waals surface area contributed by atoms with Gasteiger partial charge in [0.1, 0.15) is 11.2 Å². The van der Waals surface area contributed by atoms with Crippen LogP contribution in [0.15, 0.2) is 36.6 Å². The first-order chi connectivity index (χ1) is 14.2. The van der Waals surface area contributed by atoms with Gasteiger partial charge in [0.15, 0.2) is 22.4 Å². The van der Waals surface area contributed by atoms with Crippen LogP contribution in [0, 0.1) is 0 Å². The summed E-state index contributed by atoms with van der Waals surface area (Å²) >= 11 is 0. The van der Waals surface area contributed by atoms with Crippen LogP contribution in [0.1, 0.15) is 18.9 Å². The minimum atomic E-state index is -0.320. The van der Waals surface area contributed by atoms with Crippen LogP contribution in [0.4, 0.5) is 0 Å². The average Bonchev–Trinajstić information content (AvgIpc) is 3.43. The molecule has 0 atom stereocenters. The van der Waals surface area contributed by atoms with Crippen LogP contribution in [0.5, 0.6) is 0 Å². The molecule has 2 N–H and O–H groups in total. The Kier molecular flexibility index (Phi) is 5.45. The number of aromatic amines is 2. The molecule has 13 heteroatoms. The molecule has 0 aliphatic carbocycles. The number of aryl methyl sites for hydroxylation is 1. The molecule has 148 valence electrons. The summed E-state index contributed by atoms with van der Waals surface area (Å²) in [6, 6.07) is 4.04. The van der Waals surface area contributed by atoms with Gasteiger partial charge in [-0.1, -0.05) is 13.3 Å². The number of fused-ring (bicyclic) bond motifs is 2. The van der Waals surface area contributed by atoms with Crippen molar-refractivity contribution in [2.45, 2.75) is 19.8 Å². The van der Waals surface area contributed by atoms with Crippen LogP contribution >= 0.6 is 0 Å². The second kappa shape index (κ2) is 8.05. The summed E-state index contributed by atoms with van der Waals surface area (Å²) in [5.41, 5.74) is 0.584. The molecule has 30 heavy (non-hydrogen) atoms. The molecule has 5 aromatic rings. The number of aromatic nitrogens is 8. The van der Waals surface area contributed by atoms with Gasteiger partial charge in [-0.2, -0.15) is 0 Å². The molecule has 0 aliphatic heterocycles. The van der Waals surface area contributed by atoms with Gasteiger partial charge in [0.05, 0.1) is 10.8 Å². The molecule has 0 amide bonds. The summed E-state index contributed by atoms with van der Waals surface area (Å²) in [4.78, 5) is 25.5. The van der Waals surface area contributed by atoms with Gasteiger partial charge in [-0.3, -0.25) is 9.59 Å². The predicted octanol–water partition coefficient (Wildman–Crippen LogP) is 0.296. The number of nitrogens with one attached hydrogen (secondary N) is 2. The Morgan fingerprint density at radius 1 is 0.833 bits per heavy atom. The van der Waals surface area contributed by atoms with Gasteiger partial charge in [-0.25, -0.2) is 10.2 Å². The normalized spacial score (nSPS) is 11.1. The SMILES string of the molecule is CCCc1c2oc(-c3nnn[nH]3)cc(=O)c2cc2c(=O)cc(-c3nnn[nH]3)oc12.[CaH2]. The van der Waals surface area contributed by atoms with E-state index in [2.05, 4.69) is 41.2 Å². The van der Waals surface area contributed by atoms with Crippen molar-refractivity contribution in [3.05, 3.63) is 44.2 Å². The van der Waals surface area contributed by atoms with Gasteiger partial charge in [-0.15, -0.1) is 10.2 Å². The summed E-state index contributed by atoms with van der Waals surface area (Å²) in [5.74, 6) is 0.799. The van der Waals surface area contributed by atoms with Crippen molar-refractivity contribution in [3.8, 4) is 23.2 Å². The Balaban J connectivity index is 0.00000218. The van der Waals surface area contributed by atoms with Gasteiger partial charge in [-0.05, 0) is 33.3 Å². The first-order valence-corrected chi connectivity index (χ1v) is 8.71. The first kappa shape index (κ1) is 20.3. The summed E-state index contributed by atoms with van der Waals surface area (Å²) < 4.78 is 11.9. The molecular formula is C17H14CaN8O4. The Morgan fingerprint density at radius 3 is 1.73 bits per heavy atom. The summed E-state index contributed by atoms with van der Waals surface area (Å²) in [6.07, 6.45) is 1.24. The third-order valence-electron chi connectivity index (χ3n) is 4.46. The number of tetrazole rings is 2. The van der Waals surface area contributed by atoms with E-state index in [1.54, 1.807) is 0 Å². The van der Waals surface area contributed by atoms with Crippen molar-refractivity contribution in [3.63, 3.8) is 0 Å². The predicted molar refractivity (Wildman–Crippen MR) is 107 cm³/mol. The average molecular weight is 434 g/mol. The third-order valence-corrected chi connectivity index (χ3v) is 4.46. The molecule has 0 unspecified atom stereocenters. The number of H-pyrrole nitrogens is 2. The van der Waals surface area contributed by atoms with Gasteiger partial charge < -0.3 is 8.83 Å². The van der Waals surface area contributed by atoms with Crippen molar-refractivity contribution < 1.29 is 8.83 Å². The number of hydrogen-bond donors (Lipinski definition) is 2. The Bertz CT molecular complexity index is 1350. The second-order valence-corrected chi connectivity index (χ2v) is 6.31. The van der Waals surface area contributed by atoms with E-state index in [0.717, 1.165) is 6.42 Å². The van der Waals surface area contributed by atoms with E-state index in [1.807, 2.05) is 6.92 Å². The molecule has 0 bridgehead atoms. The molecule has 0 aliphatic rings. The fourth-order valence-corrected chi connectivity index (χ4v) is 3.21. The van der Waals surface area contributed by atoms with Gasteiger partial charge in [0.25, 0.3) is 0 Å². The van der Waals surface area contributed by atoms with Crippen molar-refractivity contribution in [1.29, 1.82) is 0 Å². The Morgan fingerprint density at radius 2 is 1.33 bits per heavy atom. The van der Waals surface area contributed by atoms with E-state index in [-0.39, 0.29) is 82.5 Å². The quantitative estimate of drug-likeness (QED) is 0.296.